The second-order valence-electron chi connectivity index (χ2n) is 8.07. The number of imidazole rings is 1. The second kappa shape index (κ2) is 9.42. The number of rotatable bonds is 8. The molecule has 1 N–H and O–H groups in total. The smallest absolute Gasteiger partial charge is 0.244 e. The molecule has 36 heavy (non-hydrogen) atoms. The van der Waals surface area contributed by atoms with Crippen molar-refractivity contribution in [2.24, 2.45) is 0 Å². The summed E-state index contributed by atoms with van der Waals surface area (Å²) in [6.45, 7) is -0.140. The van der Waals surface area contributed by atoms with Gasteiger partial charge >= 0.3 is 0 Å². The summed E-state index contributed by atoms with van der Waals surface area (Å²) < 4.78 is 49.6. The highest BCUT2D eigenvalue weighted by molar-refractivity contribution is 7.90. The number of hydrogen-bond acceptors (Lipinski definition) is 8. The Kier molecular flexibility index (Phi) is 6.15. The number of methoxy groups -OCH3 is 2. The zero-order valence-corrected chi connectivity index (χ0v) is 20.4. The minimum absolute atomic E-state index is 0.119. The number of sulfone groups is 1. The minimum atomic E-state index is -3.96. The van der Waals surface area contributed by atoms with Gasteiger partial charge in [-0.15, -0.1) is 0 Å². The van der Waals surface area contributed by atoms with Crippen LogP contribution in [0, 0.1) is 0 Å². The van der Waals surface area contributed by atoms with Crippen LogP contribution in [0.2, 0.25) is 0 Å². The van der Waals surface area contributed by atoms with E-state index in [9.17, 15) is 13.2 Å². The Labute approximate surface area is 207 Å². The topological polar surface area (TPSA) is 118 Å². The van der Waals surface area contributed by atoms with Gasteiger partial charge in [0.05, 0.1) is 31.0 Å². The van der Waals surface area contributed by atoms with Gasteiger partial charge in [0, 0.05) is 17.8 Å². The highest BCUT2D eigenvalue weighted by Gasteiger charge is 2.26. The van der Waals surface area contributed by atoms with Crippen molar-refractivity contribution in [3.8, 4) is 23.0 Å². The van der Waals surface area contributed by atoms with Crippen LogP contribution in [0.25, 0.3) is 11.0 Å². The predicted molar refractivity (Wildman–Crippen MR) is 131 cm³/mol. The summed E-state index contributed by atoms with van der Waals surface area (Å²) >= 11 is 0. The Hall–Kier alpha value is -4.25. The van der Waals surface area contributed by atoms with E-state index in [4.69, 9.17) is 18.9 Å². The average molecular weight is 510 g/mol. The molecule has 0 bridgehead atoms. The third kappa shape index (κ3) is 4.65. The molecule has 0 saturated heterocycles. The maximum atomic E-state index is 13.5. The molecule has 1 aliphatic heterocycles. The number of fused-ring (bicyclic) bond motifs is 2. The van der Waals surface area contributed by atoms with E-state index in [-0.39, 0.29) is 24.2 Å². The third-order valence-electron chi connectivity index (χ3n) is 5.62. The SMILES string of the molecule is COc1cc(CS(=O)(=O)c2nc3ccccc3n2CC(=O)Nc2ccc3c(c2)OCO3)cc(OC)c1. The standard InChI is InChI=1S/C25H23N3O7S/c1-32-18-9-16(10-19(12-18)33-2)14-36(30,31)25-27-20-5-3-4-6-21(20)28(25)13-24(29)26-17-7-8-22-23(11-17)35-15-34-22/h3-12H,13-15H2,1-2H3,(H,26,29). The molecule has 0 saturated carbocycles. The van der Waals surface area contributed by atoms with Gasteiger partial charge in [0.2, 0.25) is 27.7 Å². The molecule has 4 aromatic rings. The van der Waals surface area contributed by atoms with Crippen LogP contribution in [0.3, 0.4) is 0 Å². The van der Waals surface area contributed by atoms with Gasteiger partial charge in [-0.3, -0.25) is 4.79 Å². The van der Waals surface area contributed by atoms with E-state index in [1.165, 1.54) is 18.8 Å². The zero-order chi connectivity index (χ0) is 25.3. The number of nitrogens with zero attached hydrogens (tertiary/aromatic N) is 2. The minimum Gasteiger partial charge on any atom is -0.497 e. The van der Waals surface area contributed by atoms with Crippen molar-refractivity contribution < 1.29 is 32.2 Å². The number of carbonyl (C=O) groups excluding carboxylic acids is 1. The number of nitrogens with one attached hydrogen (secondary N) is 1. The van der Waals surface area contributed by atoms with Crippen molar-refractivity contribution in [3.63, 3.8) is 0 Å². The molecular weight excluding hydrogens is 486 g/mol. The maximum Gasteiger partial charge on any atom is 0.244 e. The first-order valence-electron chi connectivity index (χ1n) is 11.0. The van der Waals surface area contributed by atoms with Crippen molar-refractivity contribution in [2.75, 3.05) is 26.3 Å². The van der Waals surface area contributed by atoms with Crippen LogP contribution >= 0.6 is 0 Å². The second-order valence-corrected chi connectivity index (χ2v) is 9.95. The fraction of sp³-hybridized carbons (Fsp3) is 0.200. The van der Waals surface area contributed by atoms with E-state index in [1.54, 1.807) is 60.7 Å². The number of aromatic nitrogens is 2. The molecule has 1 amide bonds. The van der Waals surface area contributed by atoms with E-state index in [2.05, 4.69) is 10.3 Å². The monoisotopic (exact) mass is 509 g/mol. The molecule has 0 atom stereocenters. The molecule has 1 aliphatic rings. The normalized spacial score (nSPS) is 12.5. The van der Waals surface area contributed by atoms with Crippen molar-refractivity contribution >= 4 is 32.5 Å². The van der Waals surface area contributed by atoms with Crippen molar-refractivity contribution in [1.82, 2.24) is 9.55 Å². The van der Waals surface area contributed by atoms with E-state index in [0.717, 1.165) is 0 Å². The highest BCUT2D eigenvalue weighted by atomic mass is 32.2. The Bertz CT molecular complexity index is 1540. The molecule has 0 unspecified atom stereocenters. The van der Waals surface area contributed by atoms with Gasteiger partial charge in [-0.05, 0) is 42.0 Å². The first kappa shape index (κ1) is 23.5. The van der Waals surface area contributed by atoms with Crippen molar-refractivity contribution in [2.45, 2.75) is 17.5 Å². The first-order chi connectivity index (χ1) is 17.4. The Balaban J connectivity index is 1.46. The lowest BCUT2D eigenvalue weighted by Gasteiger charge is -2.12. The zero-order valence-electron chi connectivity index (χ0n) is 19.6. The van der Waals surface area contributed by atoms with Crippen LogP contribution in [0.5, 0.6) is 23.0 Å². The molecule has 5 rings (SSSR count). The summed E-state index contributed by atoms with van der Waals surface area (Å²) in [5, 5.41) is 2.58. The van der Waals surface area contributed by atoms with Crippen LogP contribution in [-0.4, -0.2) is 44.9 Å². The lowest BCUT2D eigenvalue weighted by atomic mass is 10.2. The fourth-order valence-corrected chi connectivity index (χ4v) is 5.47. The molecule has 0 fully saturated rings. The van der Waals surface area contributed by atoms with Crippen LogP contribution < -0.4 is 24.3 Å². The van der Waals surface area contributed by atoms with Gasteiger partial charge in [0.15, 0.2) is 11.5 Å². The van der Waals surface area contributed by atoms with Crippen molar-refractivity contribution in [1.29, 1.82) is 0 Å². The van der Waals surface area contributed by atoms with E-state index in [0.29, 0.717) is 45.3 Å². The summed E-state index contributed by atoms with van der Waals surface area (Å²) in [4.78, 5) is 17.3. The Morgan fingerprint density at radius 1 is 1.00 bits per heavy atom. The molecule has 186 valence electrons. The Morgan fingerprint density at radius 2 is 1.72 bits per heavy atom. The van der Waals surface area contributed by atoms with Crippen LogP contribution in [0.4, 0.5) is 5.69 Å². The van der Waals surface area contributed by atoms with E-state index < -0.39 is 15.7 Å². The number of amides is 1. The molecule has 0 spiro atoms. The number of benzene rings is 3. The Morgan fingerprint density at radius 3 is 2.47 bits per heavy atom. The predicted octanol–water partition coefficient (Wildman–Crippen LogP) is 3.39. The van der Waals surface area contributed by atoms with Crippen LogP contribution in [0.1, 0.15) is 5.56 Å². The summed E-state index contributed by atoms with van der Waals surface area (Å²) in [6.07, 6.45) is 0. The van der Waals surface area contributed by atoms with Crippen LogP contribution in [0.15, 0.2) is 65.8 Å². The molecule has 2 heterocycles. The highest BCUT2D eigenvalue weighted by Crippen LogP contribution is 2.34. The molecule has 3 aromatic carbocycles. The van der Waals surface area contributed by atoms with Gasteiger partial charge in [0.1, 0.15) is 18.0 Å². The first-order valence-corrected chi connectivity index (χ1v) is 12.6. The van der Waals surface area contributed by atoms with E-state index in [1.807, 2.05) is 0 Å². The van der Waals surface area contributed by atoms with Crippen LogP contribution in [-0.2, 0) is 26.9 Å². The van der Waals surface area contributed by atoms with Gasteiger partial charge in [0.25, 0.3) is 0 Å². The van der Waals surface area contributed by atoms with E-state index >= 15 is 0 Å². The lowest BCUT2D eigenvalue weighted by molar-refractivity contribution is -0.116. The number of carbonyl (C=O) groups is 1. The number of para-hydroxylation sites is 2. The molecule has 1 aromatic heterocycles. The summed E-state index contributed by atoms with van der Waals surface area (Å²) in [6, 6.07) is 16.9. The molecule has 10 nitrogen and oxygen atoms in total. The van der Waals surface area contributed by atoms with Crippen molar-refractivity contribution in [3.05, 3.63) is 66.2 Å². The largest absolute Gasteiger partial charge is 0.497 e. The van der Waals surface area contributed by atoms with Gasteiger partial charge in [-0.25, -0.2) is 13.4 Å². The summed E-state index contributed by atoms with van der Waals surface area (Å²) in [5.74, 6) is 1.28. The maximum absolute atomic E-state index is 13.5. The molecular formula is C25H23N3O7S. The summed E-state index contributed by atoms with van der Waals surface area (Å²) in [7, 11) is -0.975. The molecule has 11 heteroatoms. The third-order valence-corrected chi connectivity index (χ3v) is 7.21. The summed E-state index contributed by atoms with van der Waals surface area (Å²) in [5.41, 5.74) is 1.96. The fourth-order valence-electron chi connectivity index (χ4n) is 4.00. The number of hydrogen-bond donors (Lipinski definition) is 1. The molecule has 0 aliphatic carbocycles. The quantitative estimate of drug-likeness (QED) is 0.384. The van der Waals surface area contributed by atoms with Gasteiger partial charge in [-0.2, -0.15) is 0 Å². The lowest BCUT2D eigenvalue weighted by Crippen LogP contribution is -2.22. The number of anilines is 1. The molecule has 0 radical (unpaired) electrons. The van der Waals surface area contributed by atoms with Gasteiger partial charge in [-0.1, -0.05) is 12.1 Å². The average Bonchev–Trinajstić information content (AvgIpc) is 3.48. The van der Waals surface area contributed by atoms with Gasteiger partial charge < -0.3 is 28.8 Å². The number of ether oxygens (including phenoxy) is 4.